The third-order valence-corrected chi connectivity index (χ3v) is 3.31. The summed E-state index contributed by atoms with van der Waals surface area (Å²) >= 11 is 3.47. The molecule has 1 aliphatic carbocycles. The van der Waals surface area contributed by atoms with Crippen molar-refractivity contribution in [1.29, 1.82) is 0 Å². The first-order valence-corrected chi connectivity index (χ1v) is 5.56. The summed E-state index contributed by atoms with van der Waals surface area (Å²) in [7, 11) is 0. The molecule has 13 heavy (non-hydrogen) atoms. The van der Waals surface area contributed by atoms with Crippen LogP contribution in [0, 0.1) is 0 Å². The number of nitrogen functional groups attached to an aromatic ring is 1. The van der Waals surface area contributed by atoms with E-state index in [0.717, 1.165) is 4.60 Å². The highest BCUT2D eigenvalue weighted by Gasteiger charge is 2.18. The Kier molecular flexibility index (Phi) is 2.58. The van der Waals surface area contributed by atoms with E-state index in [1.807, 2.05) is 0 Å². The highest BCUT2D eigenvalue weighted by Crippen LogP contribution is 2.32. The van der Waals surface area contributed by atoms with Crippen LogP contribution in [0.1, 0.15) is 38.1 Å². The Bertz CT molecular complexity index is 270. The minimum atomic E-state index is 0.561. The highest BCUT2D eigenvalue weighted by molar-refractivity contribution is 9.10. The summed E-state index contributed by atoms with van der Waals surface area (Å²) in [4.78, 5) is 4.09. The lowest BCUT2D eigenvalue weighted by molar-refractivity contribution is 0.353. The van der Waals surface area contributed by atoms with Gasteiger partial charge in [-0.2, -0.15) is 0 Å². The van der Waals surface area contributed by atoms with Gasteiger partial charge >= 0.3 is 0 Å². The fourth-order valence-corrected chi connectivity index (χ4v) is 2.63. The van der Waals surface area contributed by atoms with Crippen LogP contribution in [-0.4, -0.2) is 9.55 Å². The third kappa shape index (κ3) is 1.73. The number of hydrogen-bond donors (Lipinski definition) is 1. The minimum Gasteiger partial charge on any atom is -0.369 e. The maximum absolute atomic E-state index is 5.79. The van der Waals surface area contributed by atoms with Gasteiger partial charge < -0.3 is 10.3 Å². The van der Waals surface area contributed by atoms with Crippen molar-refractivity contribution in [3.63, 3.8) is 0 Å². The zero-order chi connectivity index (χ0) is 9.26. The second-order valence-electron chi connectivity index (χ2n) is 3.60. The number of nitrogens with zero attached hydrogens (tertiary/aromatic N) is 2. The van der Waals surface area contributed by atoms with Crippen molar-refractivity contribution in [2.24, 2.45) is 0 Å². The number of rotatable bonds is 1. The molecule has 0 aliphatic heterocycles. The number of nitrogens with two attached hydrogens (primary N) is 1. The molecule has 1 aromatic heterocycles. The number of imidazole rings is 1. The van der Waals surface area contributed by atoms with E-state index in [1.165, 1.54) is 32.1 Å². The third-order valence-electron chi connectivity index (χ3n) is 2.72. The smallest absolute Gasteiger partial charge is 0.201 e. The standard InChI is InChI=1S/C9H14BrN3/c10-8-6-12-9(11)13(8)7-4-2-1-3-5-7/h6-7H,1-5H2,(H2,11,12). The van der Waals surface area contributed by atoms with Crippen LogP contribution in [-0.2, 0) is 0 Å². The molecule has 0 spiro atoms. The predicted octanol–water partition coefficient (Wildman–Crippen LogP) is 2.73. The van der Waals surface area contributed by atoms with E-state index in [0.29, 0.717) is 12.0 Å². The number of halogens is 1. The van der Waals surface area contributed by atoms with Gasteiger partial charge in [-0.15, -0.1) is 0 Å². The van der Waals surface area contributed by atoms with Crippen molar-refractivity contribution >= 4 is 21.9 Å². The van der Waals surface area contributed by atoms with Crippen molar-refractivity contribution < 1.29 is 0 Å². The molecule has 1 fully saturated rings. The molecule has 0 radical (unpaired) electrons. The van der Waals surface area contributed by atoms with Gasteiger partial charge in [0.25, 0.3) is 0 Å². The Labute approximate surface area is 86.5 Å². The van der Waals surface area contributed by atoms with Crippen molar-refractivity contribution in [3.05, 3.63) is 10.8 Å². The highest BCUT2D eigenvalue weighted by atomic mass is 79.9. The van der Waals surface area contributed by atoms with Crippen molar-refractivity contribution in [2.45, 2.75) is 38.1 Å². The largest absolute Gasteiger partial charge is 0.369 e. The summed E-state index contributed by atoms with van der Waals surface area (Å²) < 4.78 is 3.12. The van der Waals surface area contributed by atoms with Crippen LogP contribution < -0.4 is 5.73 Å². The maximum Gasteiger partial charge on any atom is 0.201 e. The van der Waals surface area contributed by atoms with Gasteiger partial charge in [0.15, 0.2) is 0 Å². The molecule has 1 aliphatic rings. The summed E-state index contributed by atoms with van der Waals surface area (Å²) in [5.74, 6) is 0.638. The molecule has 3 nitrogen and oxygen atoms in total. The number of hydrogen-bond acceptors (Lipinski definition) is 2. The van der Waals surface area contributed by atoms with Gasteiger partial charge in [0.05, 0.1) is 6.20 Å². The Balaban J connectivity index is 2.22. The van der Waals surface area contributed by atoms with Crippen molar-refractivity contribution in [1.82, 2.24) is 9.55 Å². The van der Waals surface area contributed by atoms with E-state index in [2.05, 4.69) is 25.5 Å². The fraction of sp³-hybridized carbons (Fsp3) is 0.667. The van der Waals surface area contributed by atoms with E-state index < -0.39 is 0 Å². The lowest BCUT2D eigenvalue weighted by Crippen LogP contribution is -2.15. The minimum absolute atomic E-state index is 0.561. The van der Waals surface area contributed by atoms with E-state index in [4.69, 9.17) is 5.73 Å². The summed E-state index contributed by atoms with van der Waals surface area (Å²) in [6, 6.07) is 0.561. The van der Waals surface area contributed by atoms with Crippen LogP contribution in [0.4, 0.5) is 5.95 Å². The number of anilines is 1. The molecular weight excluding hydrogens is 230 g/mol. The molecule has 1 heterocycles. The molecular formula is C9H14BrN3. The molecule has 1 aromatic rings. The van der Waals surface area contributed by atoms with Gasteiger partial charge in [-0.25, -0.2) is 4.98 Å². The van der Waals surface area contributed by atoms with Crippen molar-refractivity contribution in [3.8, 4) is 0 Å². The normalized spacial score (nSPS) is 19.2. The Morgan fingerprint density at radius 1 is 1.38 bits per heavy atom. The van der Waals surface area contributed by atoms with Gasteiger partial charge in [-0.1, -0.05) is 19.3 Å². The average molecular weight is 244 g/mol. The molecule has 72 valence electrons. The van der Waals surface area contributed by atoms with Gasteiger partial charge in [0.1, 0.15) is 4.60 Å². The monoisotopic (exact) mass is 243 g/mol. The Morgan fingerprint density at radius 3 is 2.62 bits per heavy atom. The molecule has 4 heteroatoms. The van der Waals surface area contributed by atoms with Gasteiger partial charge in [-0.05, 0) is 28.8 Å². The Hall–Kier alpha value is -0.510. The first-order valence-electron chi connectivity index (χ1n) is 4.77. The fourth-order valence-electron chi connectivity index (χ4n) is 2.05. The molecule has 0 amide bonds. The topological polar surface area (TPSA) is 43.8 Å². The van der Waals surface area contributed by atoms with Gasteiger partial charge in [0, 0.05) is 6.04 Å². The second-order valence-corrected chi connectivity index (χ2v) is 4.41. The van der Waals surface area contributed by atoms with Crippen molar-refractivity contribution in [2.75, 3.05) is 5.73 Å². The summed E-state index contributed by atoms with van der Waals surface area (Å²) in [6.07, 6.45) is 8.24. The van der Waals surface area contributed by atoms with Crippen LogP contribution in [0.5, 0.6) is 0 Å². The molecule has 2 N–H and O–H groups in total. The van der Waals surface area contributed by atoms with Gasteiger partial charge in [0.2, 0.25) is 5.95 Å². The molecule has 2 rings (SSSR count). The van der Waals surface area contributed by atoms with E-state index >= 15 is 0 Å². The first kappa shape index (κ1) is 9.06. The van der Waals surface area contributed by atoms with Crippen LogP contribution in [0.15, 0.2) is 10.8 Å². The molecule has 0 aromatic carbocycles. The maximum atomic E-state index is 5.79. The summed E-state index contributed by atoms with van der Waals surface area (Å²) in [5, 5.41) is 0. The average Bonchev–Trinajstić information content (AvgIpc) is 2.48. The summed E-state index contributed by atoms with van der Waals surface area (Å²) in [5.41, 5.74) is 5.79. The second kappa shape index (κ2) is 3.70. The lowest BCUT2D eigenvalue weighted by atomic mass is 9.95. The van der Waals surface area contributed by atoms with E-state index in [9.17, 15) is 0 Å². The lowest BCUT2D eigenvalue weighted by Gasteiger charge is -2.24. The quantitative estimate of drug-likeness (QED) is 0.825. The van der Waals surface area contributed by atoms with Crippen LogP contribution in [0.25, 0.3) is 0 Å². The van der Waals surface area contributed by atoms with E-state index in [-0.39, 0.29) is 0 Å². The zero-order valence-corrected chi connectivity index (χ0v) is 9.13. The molecule has 0 atom stereocenters. The SMILES string of the molecule is Nc1ncc(Br)n1C1CCCCC1. The Morgan fingerprint density at radius 2 is 2.08 bits per heavy atom. The molecule has 0 bridgehead atoms. The molecule has 1 saturated carbocycles. The number of aromatic nitrogens is 2. The van der Waals surface area contributed by atoms with Crippen LogP contribution >= 0.6 is 15.9 Å². The molecule has 0 unspecified atom stereocenters. The summed E-state index contributed by atoms with van der Waals surface area (Å²) in [6.45, 7) is 0. The first-order chi connectivity index (χ1) is 6.29. The van der Waals surface area contributed by atoms with Gasteiger partial charge in [-0.3, -0.25) is 0 Å². The zero-order valence-electron chi connectivity index (χ0n) is 7.54. The van der Waals surface area contributed by atoms with E-state index in [1.54, 1.807) is 6.20 Å². The molecule has 0 saturated heterocycles. The van der Waals surface area contributed by atoms with Crippen LogP contribution in [0.3, 0.4) is 0 Å². The van der Waals surface area contributed by atoms with Crippen LogP contribution in [0.2, 0.25) is 0 Å². The predicted molar refractivity (Wildman–Crippen MR) is 56.5 cm³/mol.